The average molecular weight is 982 g/mol. The minimum Gasteiger partial charge on any atom is -0.387 e. The van der Waals surface area contributed by atoms with Crippen molar-refractivity contribution in [2.75, 3.05) is 45.9 Å². The SMILES string of the molecule is [B][B]C1CC(OP(=O)(O)OCC2OC(C)CC2OC)C(COP(=O)(O)OC2CC(B([B])[B])OC2COP(=O)(O)OP(=O)(O)OCC2OC(n3cnc4c(NC)ncnc43)C(O)C2O)O1. The molecular formula is C28H45B5N5O22P4. The van der Waals surface area contributed by atoms with Gasteiger partial charge in [-0.05, 0) is 19.8 Å². The zero-order valence-electron chi connectivity index (χ0n) is 34.3. The first-order valence-electron chi connectivity index (χ1n) is 19.4. The second-order valence-corrected chi connectivity index (χ2v) is 20.8. The van der Waals surface area contributed by atoms with E-state index >= 15 is 0 Å². The van der Waals surface area contributed by atoms with E-state index in [1.807, 2.05) is 0 Å². The van der Waals surface area contributed by atoms with Crippen LogP contribution in [0.2, 0.25) is 0 Å². The van der Waals surface area contributed by atoms with E-state index in [0.29, 0.717) is 17.8 Å². The van der Waals surface area contributed by atoms with Crippen LogP contribution >= 0.6 is 31.3 Å². The number of aliphatic hydroxyl groups excluding tert-OH is 2. The Labute approximate surface area is 371 Å². The molecule has 36 heteroatoms. The number of phosphoric ester groups is 4. The maximum atomic E-state index is 13.2. The van der Waals surface area contributed by atoms with Gasteiger partial charge in [-0.15, -0.1) is 0 Å². The van der Waals surface area contributed by atoms with Crippen LogP contribution in [0.5, 0.6) is 0 Å². The van der Waals surface area contributed by atoms with Gasteiger partial charge in [-0.1, -0.05) is 0 Å². The summed E-state index contributed by atoms with van der Waals surface area (Å²) in [5, 5.41) is 24.1. The predicted molar refractivity (Wildman–Crippen MR) is 220 cm³/mol. The Morgan fingerprint density at radius 1 is 0.781 bits per heavy atom. The summed E-state index contributed by atoms with van der Waals surface area (Å²) in [5.41, 5.74) is 0.522. The highest BCUT2D eigenvalue weighted by molar-refractivity contribution is 7.61. The topological polar surface area (TPSA) is 356 Å². The smallest absolute Gasteiger partial charge is 0.387 e. The second-order valence-electron chi connectivity index (χ2n) is 14.9. The van der Waals surface area contributed by atoms with Crippen LogP contribution in [0.1, 0.15) is 32.4 Å². The second kappa shape index (κ2) is 21.7. The molecule has 4 aliphatic heterocycles. The van der Waals surface area contributed by atoms with Gasteiger partial charge in [0, 0.05) is 55.8 Å². The number of hydrogen-bond donors (Lipinski definition) is 7. The van der Waals surface area contributed by atoms with Gasteiger partial charge >= 0.3 is 31.3 Å². The maximum Gasteiger partial charge on any atom is 0.481 e. The normalized spacial score (nSPS) is 35.7. The van der Waals surface area contributed by atoms with E-state index in [1.165, 1.54) is 24.3 Å². The predicted octanol–water partition coefficient (Wildman–Crippen LogP) is -1.64. The number of nitrogens with one attached hydrogen (secondary N) is 1. The molecule has 2 aromatic rings. The van der Waals surface area contributed by atoms with Crippen molar-refractivity contribution in [2.24, 2.45) is 0 Å². The van der Waals surface area contributed by atoms with Crippen LogP contribution in [0.4, 0.5) is 5.82 Å². The molecule has 0 bridgehead atoms. The van der Waals surface area contributed by atoms with Crippen LogP contribution in [-0.4, -0.2) is 200 Å². The number of rotatable bonds is 23. The van der Waals surface area contributed by atoms with Crippen molar-refractivity contribution >= 4 is 85.1 Å². The van der Waals surface area contributed by atoms with Crippen molar-refractivity contribution in [1.29, 1.82) is 0 Å². The fraction of sp³-hybridized carbons (Fsp3) is 0.821. The van der Waals surface area contributed by atoms with Crippen molar-refractivity contribution in [1.82, 2.24) is 19.5 Å². The minimum absolute atomic E-state index is 0.0776. The third-order valence-corrected chi connectivity index (χ3v) is 15.0. The highest BCUT2D eigenvalue weighted by Gasteiger charge is 2.49. The summed E-state index contributed by atoms with van der Waals surface area (Å²) in [7, 11) is 0.361. The first-order valence-corrected chi connectivity index (χ1v) is 25.4. The Bertz CT molecular complexity index is 2090. The molecule has 27 nitrogen and oxygen atoms in total. The average Bonchev–Trinajstić information content (AvgIpc) is 4.05. The Morgan fingerprint density at radius 3 is 1.92 bits per heavy atom. The van der Waals surface area contributed by atoms with Gasteiger partial charge in [0.25, 0.3) is 0 Å². The third kappa shape index (κ3) is 13.3. The van der Waals surface area contributed by atoms with Gasteiger partial charge in [0.2, 0.25) is 0 Å². The van der Waals surface area contributed by atoms with E-state index < -0.39 is 125 Å². The quantitative estimate of drug-likeness (QED) is 0.0485. The highest BCUT2D eigenvalue weighted by atomic mass is 31.3. The number of anilines is 1. The molecule has 64 heavy (non-hydrogen) atoms. The van der Waals surface area contributed by atoms with Gasteiger partial charge < -0.3 is 58.8 Å². The lowest BCUT2D eigenvalue weighted by molar-refractivity contribution is -0.0506. The van der Waals surface area contributed by atoms with E-state index in [0.717, 1.165) is 7.17 Å². The van der Waals surface area contributed by atoms with Crippen molar-refractivity contribution in [2.45, 2.75) is 105 Å². The van der Waals surface area contributed by atoms with Crippen LogP contribution in [-0.2, 0) is 73.4 Å². The summed E-state index contributed by atoms with van der Waals surface area (Å²) in [5.74, 6) is 0.360. The van der Waals surface area contributed by atoms with Crippen molar-refractivity contribution < 1.29 is 103 Å². The molecule has 0 spiro atoms. The van der Waals surface area contributed by atoms with Crippen LogP contribution in [0.15, 0.2) is 12.7 Å². The van der Waals surface area contributed by atoms with Crippen molar-refractivity contribution in [3.8, 4) is 0 Å². The standard InChI is InChI=1S/C28H45B5N5O22P4/c1-13-4-14(49-3)17(54-13)7-50-61(41,42)58-15-5-21(32-29)55-18(15)8-51-62(43,44)59-16-6-22(33(30)31)56-19(16)9-52-63(45,46)60-64(47,48)53-10-20-24(39)25(40)28(57-20)38-12-37-23-26(34-2)35-11-36-27(23)38/h11-22,24-25,28,39-40H,4-10H2,1-3H3,(H,41,42)(H,43,44)(H,45,46)(H,47,48)(H,34,35,36). The minimum atomic E-state index is -5.54. The molecule has 4 saturated heterocycles. The van der Waals surface area contributed by atoms with E-state index in [1.54, 1.807) is 14.0 Å². The molecular weight excluding hydrogens is 936 g/mol. The number of ether oxygens (including phenoxy) is 5. The lowest BCUT2D eigenvalue weighted by Gasteiger charge is -2.25. The Kier molecular flexibility index (Phi) is 17.7. The Morgan fingerprint density at radius 2 is 1.34 bits per heavy atom. The highest BCUT2D eigenvalue weighted by Crippen LogP contribution is 2.61. The van der Waals surface area contributed by atoms with Gasteiger partial charge in [0.15, 0.2) is 17.7 Å². The third-order valence-electron chi connectivity index (χ3n) is 10.3. The molecule has 6 rings (SSSR count). The largest absolute Gasteiger partial charge is 0.481 e. The molecule has 4 aliphatic rings. The van der Waals surface area contributed by atoms with Crippen LogP contribution < -0.4 is 5.32 Å². The van der Waals surface area contributed by atoms with Crippen molar-refractivity contribution in [3.05, 3.63) is 12.7 Å². The van der Waals surface area contributed by atoms with Crippen LogP contribution in [0.25, 0.3) is 11.2 Å². The molecule has 17 atom stereocenters. The van der Waals surface area contributed by atoms with Gasteiger partial charge in [0.05, 0.1) is 70.8 Å². The summed E-state index contributed by atoms with van der Waals surface area (Å²) < 4.78 is 116. The first kappa shape index (κ1) is 52.2. The number of aliphatic hydroxyl groups is 2. The summed E-state index contributed by atoms with van der Waals surface area (Å²) in [4.78, 5) is 54.2. The Balaban J connectivity index is 1.00. The lowest BCUT2D eigenvalue weighted by atomic mass is 9.16. The summed E-state index contributed by atoms with van der Waals surface area (Å²) >= 11 is 0. The summed E-state index contributed by atoms with van der Waals surface area (Å²) in [6, 6.07) is -1.91. The number of phosphoric acid groups is 4. The molecule has 349 valence electrons. The van der Waals surface area contributed by atoms with Gasteiger partial charge in [-0.25, -0.2) is 33.2 Å². The molecule has 0 aliphatic carbocycles. The number of methoxy groups -OCH3 is 1. The number of fused-ring (bicyclic) bond motifs is 1. The molecule has 0 aromatic carbocycles. The zero-order valence-corrected chi connectivity index (χ0v) is 37.9. The van der Waals surface area contributed by atoms with E-state index in [2.05, 4.69) is 24.6 Å². The molecule has 7 radical (unpaired) electrons. The number of nitrogens with zero attached hydrogens (tertiary/aromatic N) is 4. The van der Waals surface area contributed by atoms with Crippen LogP contribution in [0.3, 0.4) is 0 Å². The fourth-order valence-electron chi connectivity index (χ4n) is 7.27. The summed E-state index contributed by atoms with van der Waals surface area (Å²) in [6.45, 7) is -2.44. The maximum absolute atomic E-state index is 13.2. The molecule has 2 aromatic heterocycles. The summed E-state index contributed by atoms with van der Waals surface area (Å²) in [6.07, 6.45) is -10.2. The molecule has 0 amide bonds. The monoisotopic (exact) mass is 982 g/mol. The van der Waals surface area contributed by atoms with E-state index in [4.69, 9.17) is 74.0 Å². The van der Waals surface area contributed by atoms with Crippen LogP contribution in [0, 0.1) is 0 Å². The molecule has 4 fully saturated rings. The number of imidazole rings is 1. The molecule has 17 unspecified atom stereocenters. The van der Waals surface area contributed by atoms with Crippen molar-refractivity contribution in [3.63, 3.8) is 0 Å². The molecule has 0 saturated carbocycles. The number of aromatic nitrogens is 4. The molecule has 6 heterocycles. The van der Waals surface area contributed by atoms with Gasteiger partial charge in [-0.2, -0.15) is 4.31 Å². The molecule has 7 N–H and O–H groups in total. The van der Waals surface area contributed by atoms with E-state index in [-0.39, 0.29) is 37.3 Å². The van der Waals surface area contributed by atoms with E-state index in [9.17, 15) is 48.0 Å². The fourth-order valence-corrected chi connectivity index (χ4v) is 11.3. The first-order chi connectivity index (χ1) is 30.0. The zero-order chi connectivity index (χ0) is 46.8. The van der Waals surface area contributed by atoms with Gasteiger partial charge in [-0.3, -0.25) is 31.7 Å². The lowest BCUT2D eigenvalue weighted by Crippen LogP contribution is -2.33. The Hall–Kier alpha value is -1.13. The van der Waals surface area contributed by atoms with Gasteiger partial charge in [0.1, 0.15) is 48.5 Å². The number of hydrogen-bond acceptors (Lipinski definition) is 22.